The maximum Gasteiger partial charge on any atom is 0.220 e. The highest BCUT2D eigenvalue weighted by Crippen LogP contribution is 2.18. The molecule has 26 heavy (non-hydrogen) atoms. The molecule has 0 bridgehead atoms. The topological polar surface area (TPSA) is 58.2 Å². The number of thiocarbonyl (C=S) groups is 2. The van der Waals surface area contributed by atoms with Crippen molar-refractivity contribution in [3.05, 3.63) is 35.4 Å². The highest BCUT2D eigenvalue weighted by molar-refractivity contribution is 7.81. The molecule has 2 aliphatic heterocycles. The Hall–Kier alpha value is -1.66. The molecule has 138 valence electrons. The molecule has 0 aliphatic carbocycles. The standard InChI is InChI=1S/C20H24N2O2S2/c23-17-7-3-1-5-15(21-17)19(25)13-9-11-14(12-10-13)20(26)16-6-2-4-8-18(24)22-16/h9-12,15-16H,1-8H2,(H,21,23)(H,22,24). The minimum atomic E-state index is -0.0704. The Labute approximate surface area is 165 Å². The molecular weight excluding hydrogens is 364 g/mol. The van der Waals surface area contributed by atoms with Crippen LogP contribution in [0.15, 0.2) is 24.3 Å². The van der Waals surface area contributed by atoms with Crippen molar-refractivity contribution >= 4 is 46.0 Å². The van der Waals surface area contributed by atoms with E-state index in [1.165, 1.54) is 0 Å². The highest BCUT2D eigenvalue weighted by atomic mass is 32.1. The molecule has 2 N–H and O–H groups in total. The van der Waals surface area contributed by atoms with Crippen LogP contribution in [-0.2, 0) is 9.59 Å². The third-order valence-electron chi connectivity index (χ3n) is 5.05. The molecule has 2 amide bonds. The maximum atomic E-state index is 11.8. The average molecular weight is 389 g/mol. The Kier molecular flexibility index (Phi) is 6.48. The minimum absolute atomic E-state index is 0.0704. The van der Waals surface area contributed by atoms with Gasteiger partial charge in [0.2, 0.25) is 11.8 Å². The van der Waals surface area contributed by atoms with Crippen LogP contribution in [0.2, 0.25) is 0 Å². The van der Waals surface area contributed by atoms with Crippen LogP contribution in [0.4, 0.5) is 0 Å². The van der Waals surface area contributed by atoms with E-state index in [9.17, 15) is 9.59 Å². The zero-order valence-corrected chi connectivity index (χ0v) is 16.4. The first-order valence-corrected chi connectivity index (χ1v) is 10.1. The number of carbonyl (C=O) groups is 2. The van der Waals surface area contributed by atoms with Crippen molar-refractivity contribution in [1.82, 2.24) is 10.6 Å². The number of nitrogens with one attached hydrogen (secondary N) is 2. The largest absolute Gasteiger partial charge is 0.348 e. The van der Waals surface area contributed by atoms with Crippen molar-refractivity contribution in [2.75, 3.05) is 0 Å². The zero-order chi connectivity index (χ0) is 18.5. The van der Waals surface area contributed by atoms with Gasteiger partial charge in [-0.05, 0) is 36.8 Å². The van der Waals surface area contributed by atoms with Gasteiger partial charge in [0.15, 0.2) is 0 Å². The molecule has 6 heteroatoms. The van der Waals surface area contributed by atoms with Gasteiger partial charge in [-0.2, -0.15) is 0 Å². The Balaban J connectivity index is 1.69. The molecule has 2 aliphatic rings. The van der Waals surface area contributed by atoms with Crippen LogP contribution in [0, 0.1) is 0 Å². The fourth-order valence-electron chi connectivity index (χ4n) is 3.54. The summed E-state index contributed by atoms with van der Waals surface area (Å²) in [6.07, 6.45) is 6.80. The van der Waals surface area contributed by atoms with Crippen LogP contribution in [0.25, 0.3) is 0 Å². The molecule has 1 aromatic carbocycles. The molecular formula is C20H24N2O2S2. The summed E-state index contributed by atoms with van der Waals surface area (Å²) in [5.41, 5.74) is 1.90. The molecule has 2 unspecified atom stereocenters. The van der Waals surface area contributed by atoms with Gasteiger partial charge in [-0.15, -0.1) is 0 Å². The summed E-state index contributed by atoms with van der Waals surface area (Å²) in [4.78, 5) is 25.1. The van der Waals surface area contributed by atoms with E-state index in [0.717, 1.165) is 59.4 Å². The molecule has 0 radical (unpaired) electrons. The lowest BCUT2D eigenvalue weighted by molar-refractivity contribution is -0.121. The fourth-order valence-corrected chi connectivity index (χ4v) is 4.17. The van der Waals surface area contributed by atoms with Crippen LogP contribution in [-0.4, -0.2) is 33.6 Å². The molecule has 0 saturated carbocycles. The predicted octanol–water partition coefficient (Wildman–Crippen LogP) is 3.24. The van der Waals surface area contributed by atoms with Gasteiger partial charge in [0.25, 0.3) is 0 Å². The van der Waals surface area contributed by atoms with Crippen molar-refractivity contribution in [3.8, 4) is 0 Å². The van der Waals surface area contributed by atoms with Gasteiger partial charge in [-0.25, -0.2) is 0 Å². The number of carbonyl (C=O) groups excluding carboxylic acids is 2. The van der Waals surface area contributed by atoms with E-state index in [-0.39, 0.29) is 23.9 Å². The monoisotopic (exact) mass is 388 g/mol. The summed E-state index contributed by atoms with van der Waals surface area (Å²) in [5, 5.41) is 6.05. The summed E-state index contributed by atoms with van der Waals surface area (Å²) >= 11 is 11.2. The van der Waals surface area contributed by atoms with E-state index in [4.69, 9.17) is 24.4 Å². The van der Waals surface area contributed by atoms with Crippen LogP contribution >= 0.6 is 24.4 Å². The normalized spacial score (nSPS) is 24.0. The van der Waals surface area contributed by atoms with Crippen molar-refractivity contribution in [1.29, 1.82) is 0 Å². The number of benzene rings is 1. The number of amides is 2. The second-order valence-corrected chi connectivity index (χ2v) is 7.92. The van der Waals surface area contributed by atoms with Gasteiger partial charge in [0, 0.05) is 22.6 Å². The Morgan fingerprint density at radius 2 is 1.12 bits per heavy atom. The van der Waals surface area contributed by atoms with Crippen LogP contribution in [0.3, 0.4) is 0 Å². The third kappa shape index (κ3) is 4.74. The molecule has 2 fully saturated rings. The average Bonchev–Trinajstić information content (AvgIpc) is 3.00. The molecule has 3 rings (SSSR count). The predicted molar refractivity (Wildman–Crippen MR) is 111 cm³/mol. The Morgan fingerprint density at radius 1 is 0.731 bits per heavy atom. The first kappa shape index (κ1) is 19.1. The van der Waals surface area contributed by atoms with Crippen LogP contribution < -0.4 is 10.6 Å². The Bertz CT molecular complexity index is 654. The summed E-state index contributed by atoms with van der Waals surface area (Å²) < 4.78 is 0. The van der Waals surface area contributed by atoms with E-state index in [2.05, 4.69) is 10.6 Å². The molecule has 1 aromatic rings. The Morgan fingerprint density at radius 3 is 1.50 bits per heavy atom. The maximum absolute atomic E-state index is 11.8. The molecule has 0 spiro atoms. The van der Waals surface area contributed by atoms with Crippen molar-refractivity contribution in [3.63, 3.8) is 0 Å². The van der Waals surface area contributed by atoms with E-state index in [0.29, 0.717) is 12.8 Å². The number of hydrogen-bond donors (Lipinski definition) is 2. The van der Waals surface area contributed by atoms with E-state index < -0.39 is 0 Å². The quantitative estimate of drug-likeness (QED) is 0.614. The van der Waals surface area contributed by atoms with Gasteiger partial charge in [0.05, 0.1) is 12.1 Å². The third-order valence-corrected chi connectivity index (χ3v) is 6.09. The van der Waals surface area contributed by atoms with Gasteiger partial charge in [0.1, 0.15) is 0 Å². The van der Waals surface area contributed by atoms with Gasteiger partial charge in [-0.1, -0.05) is 61.5 Å². The minimum Gasteiger partial charge on any atom is -0.348 e. The van der Waals surface area contributed by atoms with Crippen molar-refractivity contribution in [2.24, 2.45) is 0 Å². The summed E-state index contributed by atoms with van der Waals surface area (Å²) in [6, 6.07) is 7.75. The summed E-state index contributed by atoms with van der Waals surface area (Å²) in [6.45, 7) is 0. The molecule has 2 saturated heterocycles. The first-order valence-electron chi connectivity index (χ1n) is 9.32. The smallest absolute Gasteiger partial charge is 0.220 e. The lowest BCUT2D eigenvalue weighted by Crippen LogP contribution is -2.39. The number of rotatable bonds is 4. The van der Waals surface area contributed by atoms with E-state index in [1.54, 1.807) is 0 Å². The second-order valence-electron chi connectivity index (χ2n) is 7.04. The SMILES string of the molecule is O=C1CCCCC(C(=S)c2ccc(C(=S)C3CCCCC(=O)N3)cc2)N1. The molecule has 0 aromatic heterocycles. The zero-order valence-electron chi connectivity index (χ0n) is 14.8. The van der Waals surface area contributed by atoms with Crippen molar-refractivity contribution < 1.29 is 9.59 Å². The van der Waals surface area contributed by atoms with Crippen LogP contribution in [0.5, 0.6) is 0 Å². The highest BCUT2D eigenvalue weighted by Gasteiger charge is 2.23. The molecule has 2 heterocycles. The second kappa shape index (κ2) is 8.82. The van der Waals surface area contributed by atoms with E-state index in [1.807, 2.05) is 24.3 Å². The van der Waals surface area contributed by atoms with Gasteiger partial charge < -0.3 is 10.6 Å². The van der Waals surface area contributed by atoms with Crippen molar-refractivity contribution in [2.45, 2.75) is 63.5 Å². The lowest BCUT2D eigenvalue weighted by Gasteiger charge is -2.19. The van der Waals surface area contributed by atoms with Crippen LogP contribution in [0.1, 0.15) is 62.5 Å². The molecule has 2 atom stereocenters. The lowest BCUT2D eigenvalue weighted by atomic mass is 9.97. The fraction of sp³-hybridized carbons (Fsp3) is 0.500. The number of hydrogen-bond acceptors (Lipinski definition) is 4. The van der Waals surface area contributed by atoms with Gasteiger partial charge >= 0.3 is 0 Å². The summed E-state index contributed by atoms with van der Waals surface area (Å²) in [7, 11) is 0. The summed E-state index contributed by atoms with van der Waals surface area (Å²) in [5.74, 6) is 0.161. The van der Waals surface area contributed by atoms with E-state index >= 15 is 0 Å². The molecule has 4 nitrogen and oxygen atoms in total. The first-order chi connectivity index (χ1) is 12.5. The van der Waals surface area contributed by atoms with Gasteiger partial charge in [-0.3, -0.25) is 9.59 Å².